The number of benzene rings is 1. The van der Waals surface area contributed by atoms with Gasteiger partial charge in [0.2, 0.25) is 0 Å². The second-order valence-electron chi connectivity index (χ2n) is 6.55. The first-order valence-corrected chi connectivity index (χ1v) is 8.88. The molecule has 25 heavy (non-hydrogen) atoms. The molecule has 0 saturated carbocycles. The molecule has 0 atom stereocenters. The van der Waals surface area contributed by atoms with E-state index in [1.165, 1.54) is 0 Å². The molecule has 0 radical (unpaired) electrons. The Kier molecular flexibility index (Phi) is 5.34. The SMILES string of the molecule is CCc1ncccc1C(=O)N1CCC(c2cc(O)cc(CN)c2)CC1. The van der Waals surface area contributed by atoms with Gasteiger partial charge in [-0.1, -0.05) is 13.0 Å². The first-order chi connectivity index (χ1) is 12.1. The number of phenols is 1. The molecule has 1 aliphatic rings. The van der Waals surface area contributed by atoms with Gasteiger partial charge in [0.15, 0.2) is 0 Å². The maximum absolute atomic E-state index is 12.8. The van der Waals surface area contributed by atoms with Crippen molar-refractivity contribution in [1.29, 1.82) is 0 Å². The predicted molar refractivity (Wildman–Crippen MR) is 97.5 cm³/mol. The normalized spacial score (nSPS) is 15.4. The number of likely N-dealkylation sites (tertiary alicyclic amines) is 1. The number of piperidine rings is 1. The number of hydrogen-bond donors (Lipinski definition) is 2. The van der Waals surface area contributed by atoms with E-state index < -0.39 is 0 Å². The van der Waals surface area contributed by atoms with Gasteiger partial charge in [-0.15, -0.1) is 0 Å². The third-order valence-electron chi connectivity index (χ3n) is 4.94. The minimum absolute atomic E-state index is 0.0713. The number of carbonyl (C=O) groups excluding carboxylic acids is 1. The molecule has 132 valence electrons. The average molecular weight is 339 g/mol. The number of amides is 1. The highest BCUT2D eigenvalue weighted by molar-refractivity contribution is 5.95. The van der Waals surface area contributed by atoms with Gasteiger partial charge in [0.1, 0.15) is 5.75 Å². The summed E-state index contributed by atoms with van der Waals surface area (Å²) in [5.74, 6) is 0.683. The van der Waals surface area contributed by atoms with Crippen LogP contribution < -0.4 is 5.73 Å². The molecule has 3 N–H and O–H groups in total. The number of carbonyl (C=O) groups is 1. The van der Waals surface area contributed by atoms with Gasteiger partial charge in [-0.2, -0.15) is 0 Å². The van der Waals surface area contributed by atoms with Crippen molar-refractivity contribution in [2.45, 2.75) is 38.6 Å². The molecule has 1 aliphatic heterocycles. The Hall–Kier alpha value is -2.40. The maximum Gasteiger partial charge on any atom is 0.255 e. The zero-order chi connectivity index (χ0) is 17.8. The minimum Gasteiger partial charge on any atom is -0.508 e. The summed E-state index contributed by atoms with van der Waals surface area (Å²) < 4.78 is 0. The summed E-state index contributed by atoms with van der Waals surface area (Å²) in [7, 11) is 0. The van der Waals surface area contributed by atoms with E-state index >= 15 is 0 Å². The zero-order valence-corrected chi connectivity index (χ0v) is 14.6. The second-order valence-corrected chi connectivity index (χ2v) is 6.55. The number of phenolic OH excluding ortho intramolecular Hbond substituents is 1. The van der Waals surface area contributed by atoms with E-state index in [0.29, 0.717) is 18.0 Å². The van der Waals surface area contributed by atoms with Crippen LogP contribution in [0.4, 0.5) is 0 Å². The fourth-order valence-corrected chi connectivity index (χ4v) is 3.55. The van der Waals surface area contributed by atoms with Crippen molar-refractivity contribution in [3.05, 3.63) is 58.9 Å². The lowest BCUT2D eigenvalue weighted by Gasteiger charge is -2.32. The Morgan fingerprint density at radius 2 is 2.08 bits per heavy atom. The Balaban J connectivity index is 1.69. The van der Waals surface area contributed by atoms with Crippen LogP contribution in [0.15, 0.2) is 36.5 Å². The van der Waals surface area contributed by atoms with E-state index in [0.717, 1.165) is 49.2 Å². The number of nitrogens with zero attached hydrogens (tertiary/aromatic N) is 2. The van der Waals surface area contributed by atoms with Gasteiger partial charge in [0.05, 0.1) is 11.3 Å². The first-order valence-electron chi connectivity index (χ1n) is 8.88. The van der Waals surface area contributed by atoms with Crippen LogP contribution in [-0.2, 0) is 13.0 Å². The third-order valence-corrected chi connectivity index (χ3v) is 4.94. The lowest BCUT2D eigenvalue weighted by atomic mass is 9.88. The molecule has 1 fully saturated rings. The molecule has 0 spiro atoms. The smallest absolute Gasteiger partial charge is 0.255 e. The van der Waals surface area contributed by atoms with E-state index in [1.807, 2.05) is 30.0 Å². The number of aromatic hydroxyl groups is 1. The van der Waals surface area contributed by atoms with Crippen molar-refractivity contribution in [3.63, 3.8) is 0 Å². The summed E-state index contributed by atoms with van der Waals surface area (Å²) in [6.45, 7) is 3.87. The van der Waals surface area contributed by atoms with Crippen LogP contribution in [0, 0.1) is 0 Å². The molecule has 1 aromatic carbocycles. The van der Waals surface area contributed by atoms with Crippen LogP contribution >= 0.6 is 0 Å². The molecular weight excluding hydrogens is 314 g/mol. The fraction of sp³-hybridized carbons (Fsp3) is 0.400. The van der Waals surface area contributed by atoms with Crippen molar-refractivity contribution in [2.24, 2.45) is 5.73 Å². The number of nitrogens with two attached hydrogens (primary N) is 1. The van der Waals surface area contributed by atoms with Crippen molar-refractivity contribution in [1.82, 2.24) is 9.88 Å². The van der Waals surface area contributed by atoms with Gasteiger partial charge in [0, 0.05) is 25.8 Å². The molecule has 0 aliphatic carbocycles. The lowest BCUT2D eigenvalue weighted by Crippen LogP contribution is -2.38. The van der Waals surface area contributed by atoms with E-state index in [1.54, 1.807) is 12.3 Å². The molecule has 0 unspecified atom stereocenters. The number of pyridine rings is 1. The zero-order valence-electron chi connectivity index (χ0n) is 14.6. The summed E-state index contributed by atoms with van der Waals surface area (Å²) in [4.78, 5) is 19.0. The molecule has 1 amide bonds. The fourth-order valence-electron chi connectivity index (χ4n) is 3.55. The highest BCUT2D eigenvalue weighted by atomic mass is 16.3. The van der Waals surface area contributed by atoms with Gasteiger partial charge in [-0.05, 0) is 60.6 Å². The molecule has 1 aromatic heterocycles. The summed E-state index contributed by atoms with van der Waals surface area (Å²) in [6.07, 6.45) is 4.27. The number of aryl methyl sites for hydroxylation is 1. The van der Waals surface area contributed by atoms with Gasteiger partial charge >= 0.3 is 0 Å². The van der Waals surface area contributed by atoms with Crippen LogP contribution in [-0.4, -0.2) is 34.0 Å². The van der Waals surface area contributed by atoms with Crippen LogP contribution in [0.3, 0.4) is 0 Å². The van der Waals surface area contributed by atoms with E-state index in [-0.39, 0.29) is 11.7 Å². The first kappa shape index (κ1) is 17.4. The number of aromatic nitrogens is 1. The Labute approximate surface area is 148 Å². The van der Waals surface area contributed by atoms with Gasteiger partial charge < -0.3 is 15.7 Å². The van der Waals surface area contributed by atoms with Crippen molar-refractivity contribution in [2.75, 3.05) is 13.1 Å². The third kappa shape index (κ3) is 3.82. The Bertz CT molecular complexity index is 752. The maximum atomic E-state index is 12.8. The molecule has 5 nitrogen and oxygen atoms in total. The van der Waals surface area contributed by atoms with Crippen LogP contribution in [0.2, 0.25) is 0 Å². The molecule has 0 bridgehead atoms. The summed E-state index contributed by atoms with van der Waals surface area (Å²) in [5, 5.41) is 9.88. The van der Waals surface area contributed by atoms with E-state index in [9.17, 15) is 9.90 Å². The molecule has 3 rings (SSSR count). The summed E-state index contributed by atoms with van der Waals surface area (Å²) >= 11 is 0. The summed E-state index contributed by atoms with van der Waals surface area (Å²) in [5.41, 5.74) is 9.33. The van der Waals surface area contributed by atoms with E-state index in [4.69, 9.17) is 5.73 Å². The minimum atomic E-state index is 0.0713. The highest BCUT2D eigenvalue weighted by Crippen LogP contribution is 2.31. The van der Waals surface area contributed by atoms with Crippen molar-refractivity contribution < 1.29 is 9.90 Å². The Morgan fingerprint density at radius 1 is 1.32 bits per heavy atom. The van der Waals surface area contributed by atoms with Crippen molar-refractivity contribution >= 4 is 5.91 Å². The topological polar surface area (TPSA) is 79.5 Å². The Morgan fingerprint density at radius 3 is 2.76 bits per heavy atom. The summed E-state index contributed by atoms with van der Waals surface area (Å²) in [6, 6.07) is 9.27. The number of rotatable bonds is 4. The molecule has 2 heterocycles. The van der Waals surface area contributed by atoms with Gasteiger partial charge in [-0.25, -0.2) is 0 Å². The van der Waals surface area contributed by atoms with Crippen LogP contribution in [0.25, 0.3) is 0 Å². The highest BCUT2D eigenvalue weighted by Gasteiger charge is 2.26. The molecule has 5 heteroatoms. The van der Waals surface area contributed by atoms with Crippen LogP contribution in [0.1, 0.15) is 52.9 Å². The predicted octanol–water partition coefficient (Wildman–Crippen LogP) is 2.83. The molecular formula is C20H25N3O2. The number of hydrogen-bond acceptors (Lipinski definition) is 4. The van der Waals surface area contributed by atoms with Gasteiger partial charge in [0.25, 0.3) is 5.91 Å². The lowest BCUT2D eigenvalue weighted by molar-refractivity contribution is 0.0711. The molecule has 1 saturated heterocycles. The standard InChI is InChI=1S/C20H25N3O2/c1-2-19-18(4-3-7-22-19)20(25)23-8-5-15(6-9-23)16-10-14(13-21)11-17(24)12-16/h3-4,7,10-12,15,24H,2,5-6,8-9,13,21H2,1H3. The van der Waals surface area contributed by atoms with Crippen molar-refractivity contribution in [3.8, 4) is 5.75 Å². The van der Waals surface area contributed by atoms with E-state index in [2.05, 4.69) is 11.1 Å². The quantitative estimate of drug-likeness (QED) is 0.898. The second kappa shape index (κ2) is 7.66. The van der Waals surface area contributed by atoms with Gasteiger partial charge in [-0.3, -0.25) is 9.78 Å². The van der Waals surface area contributed by atoms with Crippen LogP contribution in [0.5, 0.6) is 5.75 Å². The largest absolute Gasteiger partial charge is 0.508 e. The molecule has 2 aromatic rings. The average Bonchev–Trinajstić information content (AvgIpc) is 2.67. The monoisotopic (exact) mass is 339 g/mol.